The molecular weight excluding hydrogens is 270 g/mol. The van der Waals surface area contributed by atoms with Crippen molar-refractivity contribution in [1.29, 1.82) is 0 Å². The van der Waals surface area contributed by atoms with Gasteiger partial charge in [-0.15, -0.1) is 11.3 Å². The largest absolute Gasteiger partial charge is 0.392 e. The van der Waals surface area contributed by atoms with Crippen LogP contribution in [-0.2, 0) is 16.6 Å². The fraction of sp³-hybridized carbons (Fsp3) is 0.667. The average Bonchev–Trinajstić information content (AvgIpc) is 2.77. The Morgan fingerprint density at radius 1 is 1.39 bits per heavy atom. The van der Waals surface area contributed by atoms with E-state index in [1.807, 2.05) is 13.8 Å². The van der Waals surface area contributed by atoms with Crippen LogP contribution in [0.25, 0.3) is 0 Å². The molecule has 18 heavy (non-hydrogen) atoms. The van der Waals surface area contributed by atoms with Gasteiger partial charge in [0, 0.05) is 12.1 Å². The van der Waals surface area contributed by atoms with E-state index in [-0.39, 0.29) is 18.7 Å². The van der Waals surface area contributed by atoms with Gasteiger partial charge in [-0.3, -0.25) is 0 Å². The van der Waals surface area contributed by atoms with Crippen molar-refractivity contribution < 1.29 is 13.5 Å². The van der Waals surface area contributed by atoms with Gasteiger partial charge in [0.2, 0.25) is 0 Å². The quantitative estimate of drug-likeness (QED) is 0.928. The highest BCUT2D eigenvalue weighted by atomic mass is 32.2. The molecule has 1 aromatic heterocycles. The molecule has 6 heteroatoms. The van der Waals surface area contributed by atoms with Crippen LogP contribution >= 0.6 is 11.3 Å². The van der Waals surface area contributed by atoms with E-state index in [1.165, 1.54) is 11.3 Å². The molecule has 2 atom stereocenters. The molecular formula is C12H19NO3S2. The Hall–Kier alpha value is -0.430. The zero-order valence-electron chi connectivity index (χ0n) is 10.7. The van der Waals surface area contributed by atoms with Gasteiger partial charge < -0.3 is 5.11 Å². The first-order chi connectivity index (χ1) is 8.46. The number of aliphatic hydroxyl groups excluding tert-OH is 1. The predicted octanol–water partition coefficient (Wildman–Crippen LogP) is 2.19. The average molecular weight is 289 g/mol. The first-order valence-electron chi connectivity index (χ1n) is 6.18. The zero-order chi connectivity index (χ0) is 13.3. The van der Waals surface area contributed by atoms with Crippen LogP contribution in [0.15, 0.2) is 15.7 Å². The summed E-state index contributed by atoms with van der Waals surface area (Å²) in [5.41, 5.74) is 0.663. The monoisotopic (exact) mass is 289 g/mol. The molecule has 0 bridgehead atoms. The highest BCUT2D eigenvalue weighted by molar-refractivity contribution is 7.91. The third kappa shape index (κ3) is 2.47. The Morgan fingerprint density at radius 2 is 2.00 bits per heavy atom. The van der Waals surface area contributed by atoms with Crippen LogP contribution in [0.5, 0.6) is 0 Å². The third-order valence-corrected chi connectivity index (χ3v) is 7.05. The van der Waals surface area contributed by atoms with Crippen LogP contribution in [0.1, 0.15) is 38.7 Å². The van der Waals surface area contributed by atoms with E-state index < -0.39 is 10.0 Å². The molecule has 1 saturated heterocycles. The Kier molecular flexibility index (Phi) is 4.11. The number of sulfonamides is 1. The van der Waals surface area contributed by atoms with E-state index in [9.17, 15) is 8.42 Å². The summed E-state index contributed by atoms with van der Waals surface area (Å²) in [5, 5.41) is 10.7. The molecule has 2 heterocycles. The number of hydrogen-bond acceptors (Lipinski definition) is 4. The lowest BCUT2D eigenvalue weighted by atomic mass is 10.0. The fourth-order valence-electron chi connectivity index (χ4n) is 2.55. The molecule has 0 spiro atoms. The predicted molar refractivity (Wildman–Crippen MR) is 72.0 cm³/mol. The molecule has 2 rings (SSSR count). The number of thiophene rings is 1. The Morgan fingerprint density at radius 3 is 2.50 bits per heavy atom. The van der Waals surface area contributed by atoms with E-state index >= 15 is 0 Å². The van der Waals surface area contributed by atoms with Crippen molar-refractivity contribution in [2.45, 2.75) is 56.0 Å². The van der Waals surface area contributed by atoms with Crippen LogP contribution in [-0.4, -0.2) is 29.9 Å². The lowest BCUT2D eigenvalue weighted by Crippen LogP contribution is -2.47. The molecule has 4 nitrogen and oxygen atoms in total. The van der Waals surface area contributed by atoms with Crippen LogP contribution in [0.3, 0.4) is 0 Å². The van der Waals surface area contributed by atoms with Crippen LogP contribution in [0, 0.1) is 0 Å². The summed E-state index contributed by atoms with van der Waals surface area (Å²) in [7, 11) is -3.41. The third-order valence-electron chi connectivity index (χ3n) is 3.46. The van der Waals surface area contributed by atoms with Crippen molar-refractivity contribution in [3.05, 3.63) is 17.0 Å². The molecule has 0 amide bonds. The summed E-state index contributed by atoms with van der Waals surface area (Å²) >= 11 is 1.19. The number of rotatable bonds is 3. The van der Waals surface area contributed by atoms with Gasteiger partial charge in [-0.25, -0.2) is 8.42 Å². The standard InChI is InChI=1S/C12H19NO3S2/c1-9-4-3-5-10(2)13(9)18(15,16)12-6-11(7-14)8-17-12/h6,8-10,14H,3-5,7H2,1-2H3/t9-,10+. The van der Waals surface area contributed by atoms with E-state index in [1.54, 1.807) is 15.8 Å². The van der Waals surface area contributed by atoms with Gasteiger partial charge in [0.25, 0.3) is 10.0 Å². The van der Waals surface area contributed by atoms with Gasteiger partial charge in [0.1, 0.15) is 4.21 Å². The molecule has 0 saturated carbocycles. The van der Waals surface area contributed by atoms with Crippen molar-refractivity contribution in [2.75, 3.05) is 0 Å². The summed E-state index contributed by atoms with van der Waals surface area (Å²) in [6.07, 6.45) is 2.92. The number of piperidine rings is 1. The number of nitrogens with zero attached hydrogens (tertiary/aromatic N) is 1. The van der Waals surface area contributed by atoms with E-state index in [0.717, 1.165) is 19.3 Å². The molecule has 1 aromatic rings. The lowest BCUT2D eigenvalue weighted by molar-refractivity contribution is 0.204. The van der Waals surface area contributed by atoms with Gasteiger partial charge in [0.15, 0.2) is 0 Å². The molecule has 0 aliphatic carbocycles. The van der Waals surface area contributed by atoms with E-state index in [0.29, 0.717) is 9.77 Å². The van der Waals surface area contributed by atoms with Crippen LogP contribution < -0.4 is 0 Å². The van der Waals surface area contributed by atoms with Crippen molar-refractivity contribution in [3.63, 3.8) is 0 Å². The molecule has 0 unspecified atom stereocenters. The molecule has 102 valence electrons. The number of aliphatic hydroxyl groups is 1. The molecule has 1 N–H and O–H groups in total. The van der Waals surface area contributed by atoms with Gasteiger partial charge in [0.05, 0.1) is 6.61 Å². The normalized spacial score (nSPS) is 26.4. The highest BCUT2D eigenvalue weighted by Gasteiger charge is 2.36. The van der Waals surface area contributed by atoms with Crippen LogP contribution in [0.2, 0.25) is 0 Å². The second-order valence-electron chi connectivity index (χ2n) is 4.90. The molecule has 1 aliphatic rings. The number of hydrogen-bond donors (Lipinski definition) is 1. The minimum absolute atomic E-state index is 0.0541. The molecule has 1 fully saturated rings. The maximum Gasteiger partial charge on any atom is 0.253 e. The smallest absolute Gasteiger partial charge is 0.253 e. The summed E-state index contributed by atoms with van der Waals surface area (Å²) in [4.78, 5) is 0. The minimum Gasteiger partial charge on any atom is -0.392 e. The first kappa shape index (κ1) is 14.0. The molecule has 1 aliphatic heterocycles. The first-order valence-corrected chi connectivity index (χ1v) is 8.50. The molecule has 0 aromatic carbocycles. The van der Waals surface area contributed by atoms with Crippen molar-refractivity contribution >= 4 is 21.4 Å². The second-order valence-corrected chi connectivity index (χ2v) is 7.88. The van der Waals surface area contributed by atoms with E-state index in [2.05, 4.69) is 0 Å². The Balaban J connectivity index is 2.34. The van der Waals surface area contributed by atoms with Crippen molar-refractivity contribution in [1.82, 2.24) is 4.31 Å². The van der Waals surface area contributed by atoms with Crippen LogP contribution in [0.4, 0.5) is 0 Å². The minimum atomic E-state index is -3.41. The van der Waals surface area contributed by atoms with Crippen molar-refractivity contribution in [2.24, 2.45) is 0 Å². The van der Waals surface area contributed by atoms with Crippen molar-refractivity contribution in [3.8, 4) is 0 Å². The Bertz CT molecular complexity index is 499. The summed E-state index contributed by atoms with van der Waals surface area (Å²) in [6.45, 7) is 3.82. The second kappa shape index (κ2) is 5.28. The topological polar surface area (TPSA) is 57.6 Å². The SMILES string of the molecule is C[C@@H]1CCC[C@H](C)N1S(=O)(=O)c1cc(CO)cs1. The lowest BCUT2D eigenvalue weighted by Gasteiger charge is -2.37. The van der Waals surface area contributed by atoms with Gasteiger partial charge in [-0.05, 0) is 43.7 Å². The fourth-order valence-corrected chi connectivity index (χ4v) is 5.73. The maximum absolute atomic E-state index is 12.6. The van der Waals surface area contributed by atoms with Gasteiger partial charge >= 0.3 is 0 Å². The zero-order valence-corrected chi connectivity index (χ0v) is 12.3. The summed E-state index contributed by atoms with van der Waals surface area (Å²) in [6, 6.07) is 1.69. The Labute approximate surface area is 112 Å². The highest BCUT2D eigenvalue weighted by Crippen LogP contribution is 2.32. The van der Waals surface area contributed by atoms with Gasteiger partial charge in [-0.2, -0.15) is 4.31 Å². The summed E-state index contributed by atoms with van der Waals surface area (Å²) in [5.74, 6) is 0. The maximum atomic E-state index is 12.6. The van der Waals surface area contributed by atoms with E-state index in [4.69, 9.17) is 5.11 Å². The summed E-state index contributed by atoms with van der Waals surface area (Å²) < 4.78 is 27.2. The van der Waals surface area contributed by atoms with Gasteiger partial charge in [-0.1, -0.05) is 6.42 Å². The molecule has 0 radical (unpaired) electrons.